The van der Waals surface area contributed by atoms with E-state index in [9.17, 15) is 14.3 Å². The van der Waals surface area contributed by atoms with Gasteiger partial charge in [-0.1, -0.05) is 13.0 Å². The Bertz CT molecular complexity index is 465. The second kappa shape index (κ2) is 6.12. The number of amides is 1. The van der Waals surface area contributed by atoms with Crippen LogP contribution in [0.5, 0.6) is 0 Å². The zero-order valence-corrected chi connectivity index (χ0v) is 11.0. The molecule has 0 radical (unpaired) electrons. The highest BCUT2D eigenvalue weighted by atomic mass is 19.1. The lowest BCUT2D eigenvalue weighted by Crippen LogP contribution is -2.43. The van der Waals surface area contributed by atoms with Crippen LogP contribution < -0.4 is 10.2 Å². The Hall–Kier alpha value is -1.46. The molecule has 19 heavy (non-hydrogen) atoms. The van der Waals surface area contributed by atoms with Crippen LogP contribution in [0, 0.1) is 5.82 Å². The Balaban J connectivity index is 2.15. The number of hydrogen-bond acceptors (Lipinski definition) is 3. The van der Waals surface area contributed by atoms with Crippen molar-refractivity contribution < 1.29 is 14.3 Å². The summed E-state index contributed by atoms with van der Waals surface area (Å²) in [5.74, 6) is -0.423. The van der Waals surface area contributed by atoms with E-state index in [1.54, 1.807) is 6.07 Å². The standard InChI is InChI=1S/C14H19FN2O2/c1-2-16-8-12(18)9-17-13-7-11(15)5-3-10(13)4-6-14(17)19/h3,5,7,12,16,18H,2,4,6,8-9H2,1H3. The Kier molecular flexibility index (Phi) is 4.50. The van der Waals surface area contributed by atoms with Crippen molar-refractivity contribution in [2.24, 2.45) is 0 Å². The third-order valence-electron chi connectivity index (χ3n) is 3.27. The number of anilines is 1. The fourth-order valence-electron chi connectivity index (χ4n) is 2.30. The number of aliphatic hydroxyl groups excluding tert-OH is 1. The molecule has 1 atom stereocenters. The van der Waals surface area contributed by atoms with Gasteiger partial charge < -0.3 is 15.3 Å². The van der Waals surface area contributed by atoms with Crippen molar-refractivity contribution in [2.45, 2.75) is 25.9 Å². The lowest BCUT2D eigenvalue weighted by Gasteiger charge is -2.31. The predicted molar refractivity (Wildman–Crippen MR) is 71.6 cm³/mol. The summed E-state index contributed by atoms with van der Waals surface area (Å²) in [5, 5.41) is 12.9. The van der Waals surface area contributed by atoms with Crippen LogP contribution in [-0.4, -0.2) is 36.8 Å². The van der Waals surface area contributed by atoms with Gasteiger partial charge >= 0.3 is 0 Å². The molecule has 0 aromatic heterocycles. The first-order valence-electron chi connectivity index (χ1n) is 6.59. The second-order valence-electron chi connectivity index (χ2n) is 4.74. The van der Waals surface area contributed by atoms with E-state index in [0.29, 0.717) is 25.1 Å². The molecule has 0 aliphatic carbocycles. The van der Waals surface area contributed by atoms with Gasteiger partial charge in [0.05, 0.1) is 12.6 Å². The number of fused-ring (bicyclic) bond motifs is 1. The van der Waals surface area contributed by atoms with Crippen LogP contribution in [0.3, 0.4) is 0 Å². The summed E-state index contributed by atoms with van der Waals surface area (Å²) in [6.45, 7) is 3.33. The van der Waals surface area contributed by atoms with Gasteiger partial charge in [-0.25, -0.2) is 4.39 Å². The number of aryl methyl sites for hydroxylation is 1. The van der Waals surface area contributed by atoms with Crippen molar-refractivity contribution >= 4 is 11.6 Å². The molecule has 1 heterocycles. The minimum absolute atomic E-state index is 0.0614. The van der Waals surface area contributed by atoms with Gasteiger partial charge in [-0.15, -0.1) is 0 Å². The lowest BCUT2D eigenvalue weighted by atomic mass is 10.0. The van der Waals surface area contributed by atoms with Crippen molar-refractivity contribution in [1.82, 2.24) is 5.32 Å². The normalized spacial score (nSPS) is 16.4. The molecular weight excluding hydrogens is 247 g/mol. The average molecular weight is 266 g/mol. The van der Waals surface area contributed by atoms with Crippen molar-refractivity contribution in [2.75, 3.05) is 24.5 Å². The third-order valence-corrected chi connectivity index (χ3v) is 3.27. The monoisotopic (exact) mass is 266 g/mol. The second-order valence-corrected chi connectivity index (χ2v) is 4.74. The maximum Gasteiger partial charge on any atom is 0.227 e. The van der Waals surface area contributed by atoms with Gasteiger partial charge in [-0.3, -0.25) is 4.79 Å². The van der Waals surface area contributed by atoms with Crippen LogP contribution in [0.1, 0.15) is 18.9 Å². The van der Waals surface area contributed by atoms with E-state index in [1.807, 2.05) is 6.92 Å². The van der Waals surface area contributed by atoms with Crippen molar-refractivity contribution in [3.63, 3.8) is 0 Å². The smallest absolute Gasteiger partial charge is 0.227 e. The number of hydrogen-bond donors (Lipinski definition) is 2. The number of likely N-dealkylation sites (N-methyl/N-ethyl adjacent to an activating group) is 1. The summed E-state index contributed by atoms with van der Waals surface area (Å²) in [6, 6.07) is 4.48. The maximum atomic E-state index is 13.3. The van der Waals surface area contributed by atoms with Crippen LogP contribution in [0.2, 0.25) is 0 Å². The molecule has 2 rings (SSSR count). The van der Waals surface area contributed by atoms with Gasteiger partial charge in [0.2, 0.25) is 5.91 Å². The van der Waals surface area contributed by atoms with E-state index in [-0.39, 0.29) is 18.3 Å². The molecule has 1 aliphatic rings. The molecule has 1 aliphatic heterocycles. The predicted octanol–water partition coefficient (Wildman–Crippen LogP) is 1.08. The molecule has 0 saturated heterocycles. The average Bonchev–Trinajstić information content (AvgIpc) is 2.40. The van der Waals surface area contributed by atoms with E-state index < -0.39 is 6.10 Å². The summed E-state index contributed by atoms with van der Waals surface area (Å²) in [7, 11) is 0. The van der Waals surface area contributed by atoms with Crippen LogP contribution in [0.15, 0.2) is 18.2 Å². The highest BCUT2D eigenvalue weighted by Crippen LogP contribution is 2.28. The van der Waals surface area contributed by atoms with Crippen LogP contribution in [0.25, 0.3) is 0 Å². The molecule has 0 saturated carbocycles. The summed E-state index contributed by atoms with van der Waals surface area (Å²) in [4.78, 5) is 13.4. The number of halogens is 1. The third kappa shape index (κ3) is 3.30. The van der Waals surface area contributed by atoms with Gasteiger partial charge in [0.25, 0.3) is 0 Å². The minimum atomic E-state index is -0.655. The van der Waals surface area contributed by atoms with Crippen molar-refractivity contribution in [1.29, 1.82) is 0 Å². The quantitative estimate of drug-likeness (QED) is 0.838. The Labute approximate surface area is 112 Å². The molecule has 104 valence electrons. The molecule has 0 bridgehead atoms. The summed E-state index contributed by atoms with van der Waals surface area (Å²) >= 11 is 0. The molecule has 1 unspecified atom stereocenters. The number of β-amino-alcohol motifs (C(OH)–C–C–N with tert-alkyl or cyclic N) is 1. The number of aliphatic hydroxyl groups is 1. The summed E-state index contributed by atoms with van der Waals surface area (Å²) in [6.07, 6.45) is 0.388. The zero-order valence-electron chi connectivity index (χ0n) is 11.0. The number of nitrogens with zero attached hydrogens (tertiary/aromatic N) is 1. The van der Waals surface area contributed by atoms with E-state index in [2.05, 4.69) is 5.32 Å². The van der Waals surface area contributed by atoms with Gasteiger partial charge in [0, 0.05) is 18.7 Å². The maximum absolute atomic E-state index is 13.3. The molecule has 4 nitrogen and oxygen atoms in total. The van der Waals surface area contributed by atoms with E-state index in [1.165, 1.54) is 17.0 Å². The van der Waals surface area contributed by atoms with Crippen LogP contribution in [-0.2, 0) is 11.2 Å². The number of rotatable bonds is 5. The van der Waals surface area contributed by atoms with E-state index >= 15 is 0 Å². The molecule has 1 aromatic carbocycles. The van der Waals surface area contributed by atoms with E-state index in [0.717, 1.165) is 12.1 Å². The fourth-order valence-corrected chi connectivity index (χ4v) is 2.30. The number of carbonyl (C=O) groups excluding carboxylic acids is 1. The van der Waals surface area contributed by atoms with Gasteiger partial charge in [0.1, 0.15) is 5.82 Å². The van der Waals surface area contributed by atoms with Gasteiger partial charge in [0.15, 0.2) is 0 Å². The molecular formula is C14H19FN2O2. The fraction of sp³-hybridized carbons (Fsp3) is 0.500. The Morgan fingerprint density at radius 1 is 1.47 bits per heavy atom. The number of nitrogens with one attached hydrogen (secondary N) is 1. The number of benzene rings is 1. The Morgan fingerprint density at radius 3 is 3.00 bits per heavy atom. The van der Waals surface area contributed by atoms with E-state index in [4.69, 9.17) is 0 Å². The van der Waals surface area contributed by atoms with Crippen LogP contribution >= 0.6 is 0 Å². The first-order valence-corrected chi connectivity index (χ1v) is 6.59. The minimum Gasteiger partial charge on any atom is -0.390 e. The number of carbonyl (C=O) groups is 1. The molecule has 1 aromatic rings. The lowest BCUT2D eigenvalue weighted by molar-refractivity contribution is -0.119. The zero-order chi connectivity index (χ0) is 13.8. The molecule has 5 heteroatoms. The first kappa shape index (κ1) is 14.0. The molecule has 0 spiro atoms. The van der Waals surface area contributed by atoms with Crippen molar-refractivity contribution in [3.05, 3.63) is 29.6 Å². The largest absolute Gasteiger partial charge is 0.390 e. The summed E-state index contributed by atoms with van der Waals surface area (Å²) in [5.41, 5.74) is 1.54. The first-order chi connectivity index (χ1) is 9.11. The molecule has 0 fully saturated rings. The van der Waals surface area contributed by atoms with Gasteiger partial charge in [-0.05, 0) is 30.7 Å². The summed E-state index contributed by atoms with van der Waals surface area (Å²) < 4.78 is 13.3. The highest BCUT2D eigenvalue weighted by Gasteiger charge is 2.26. The van der Waals surface area contributed by atoms with Crippen LogP contribution in [0.4, 0.5) is 10.1 Å². The van der Waals surface area contributed by atoms with Crippen molar-refractivity contribution in [3.8, 4) is 0 Å². The van der Waals surface area contributed by atoms with Gasteiger partial charge in [-0.2, -0.15) is 0 Å². The SMILES string of the molecule is CCNCC(O)CN1C(=O)CCc2ccc(F)cc21. The Morgan fingerprint density at radius 2 is 2.26 bits per heavy atom. The topological polar surface area (TPSA) is 52.6 Å². The molecule has 2 N–H and O–H groups in total. The highest BCUT2D eigenvalue weighted by molar-refractivity contribution is 5.96. The molecule has 1 amide bonds.